The monoisotopic (exact) mass is 322 g/mol. The average molecular weight is 322 g/mol. The van der Waals surface area contributed by atoms with Gasteiger partial charge in [0.15, 0.2) is 0 Å². The number of benzene rings is 1. The third-order valence-electron chi connectivity index (χ3n) is 3.07. The predicted octanol–water partition coefficient (Wildman–Crippen LogP) is 2.03. The Bertz CT molecular complexity index is 630. The molecule has 0 radical (unpaired) electrons. The minimum Gasteiger partial charge on any atom is -0.349 e. The van der Waals surface area contributed by atoms with Gasteiger partial charge in [-0.2, -0.15) is 4.31 Å². The summed E-state index contributed by atoms with van der Waals surface area (Å²) in [6, 6.07) is 6.45. The molecular formula is C16H22N2O3S. The largest absolute Gasteiger partial charge is 0.349 e. The van der Waals surface area contributed by atoms with Gasteiger partial charge in [0.05, 0.1) is 4.90 Å². The van der Waals surface area contributed by atoms with Gasteiger partial charge in [-0.15, -0.1) is 6.58 Å². The summed E-state index contributed by atoms with van der Waals surface area (Å²) in [5.74, 6) is -0.222. The molecule has 0 aliphatic rings. The van der Waals surface area contributed by atoms with Crippen molar-refractivity contribution in [1.82, 2.24) is 9.62 Å². The molecule has 0 unspecified atom stereocenters. The molecule has 0 aromatic heterocycles. The summed E-state index contributed by atoms with van der Waals surface area (Å²) in [5.41, 5.74) is 0.757. The Morgan fingerprint density at radius 2 is 1.82 bits per heavy atom. The van der Waals surface area contributed by atoms with E-state index in [4.69, 9.17) is 0 Å². The minimum atomic E-state index is -3.44. The molecule has 1 aromatic carbocycles. The molecule has 120 valence electrons. The molecule has 22 heavy (non-hydrogen) atoms. The van der Waals surface area contributed by atoms with E-state index in [1.165, 1.54) is 10.4 Å². The van der Waals surface area contributed by atoms with Gasteiger partial charge in [0.25, 0.3) is 0 Å². The van der Waals surface area contributed by atoms with Crippen LogP contribution in [0.2, 0.25) is 0 Å². The van der Waals surface area contributed by atoms with E-state index in [0.29, 0.717) is 19.6 Å². The van der Waals surface area contributed by atoms with E-state index in [1.807, 2.05) is 0 Å². The third kappa shape index (κ3) is 4.82. The van der Waals surface area contributed by atoms with E-state index < -0.39 is 10.0 Å². The molecule has 0 saturated carbocycles. The highest BCUT2D eigenvalue weighted by Crippen LogP contribution is 2.16. The van der Waals surface area contributed by atoms with Gasteiger partial charge < -0.3 is 5.32 Å². The Labute approximate surface area is 132 Å². The van der Waals surface area contributed by atoms with Crippen molar-refractivity contribution in [3.05, 3.63) is 48.6 Å². The summed E-state index contributed by atoms with van der Waals surface area (Å²) in [7, 11) is -3.44. The minimum absolute atomic E-state index is 0.222. The molecule has 1 aromatic rings. The van der Waals surface area contributed by atoms with Crippen molar-refractivity contribution in [3.8, 4) is 0 Å². The molecule has 0 aliphatic heterocycles. The molecule has 1 rings (SSSR count). The Hall–Kier alpha value is -1.92. The first-order chi connectivity index (χ1) is 10.5. The number of rotatable bonds is 8. The molecule has 1 N–H and O–H groups in total. The Kier molecular flexibility index (Phi) is 7.01. The highest BCUT2D eigenvalue weighted by Gasteiger charge is 2.20. The fraction of sp³-hybridized carbons (Fsp3) is 0.312. The Morgan fingerprint density at radius 1 is 1.23 bits per heavy atom. The number of carbonyl (C=O) groups excluding carboxylic acids is 1. The smallest absolute Gasteiger partial charge is 0.244 e. The first-order valence-electron chi connectivity index (χ1n) is 7.12. The highest BCUT2D eigenvalue weighted by atomic mass is 32.2. The molecule has 0 fully saturated rings. The zero-order valence-corrected chi connectivity index (χ0v) is 13.8. The molecule has 0 atom stereocenters. The van der Waals surface area contributed by atoms with Gasteiger partial charge in [-0.3, -0.25) is 4.79 Å². The van der Waals surface area contributed by atoms with E-state index in [-0.39, 0.29) is 10.8 Å². The van der Waals surface area contributed by atoms with Gasteiger partial charge in [0, 0.05) is 25.7 Å². The van der Waals surface area contributed by atoms with E-state index in [0.717, 1.165) is 5.56 Å². The topological polar surface area (TPSA) is 66.5 Å². The maximum absolute atomic E-state index is 12.3. The van der Waals surface area contributed by atoms with Crippen molar-refractivity contribution in [1.29, 1.82) is 0 Å². The lowest BCUT2D eigenvalue weighted by Gasteiger charge is -2.18. The summed E-state index contributed by atoms with van der Waals surface area (Å²) in [5, 5.41) is 2.62. The van der Waals surface area contributed by atoms with Crippen LogP contribution in [0.25, 0.3) is 6.08 Å². The van der Waals surface area contributed by atoms with Gasteiger partial charge >= 0.3 is 0 Å². The van der Waals surface area contributed by atoms with Crippen molar-refractivity contribution in [2.24, 2.45) is 0 Å². The quantitative estimate of drug-likeness (QED) is 0.588. The molecule has 1 amide bonds. The Balaban J connectivity index is 2.85. The first-order valence-corrected chi connectivity index (χ1v) is 8.56. The lowest BCUT2D eigenvalue weighted by Crippen LogP contribution is -2.30. The summed E-state index contributed by atoms with van der Waals surface area (Å²) >= 11 is 0. The molecule has 0 bridgehead atoms. The number of sulfonamides is 1. The lowest BCUT2D eigenvalue weighted by atomic mass is 10.2. The number of carbonyl (C=O) groups is 1. The summed E-state index contributed by atoms with van der Waals surface area (Å²) in [4.78, 5) is 11.7. The summed E-state index contributed by atoms with van der Waals surface area (Å²) < 4.78 is 26.1. The summed E-state index contributed by atoms with van der Waals surface area (Å²) in [6.45, 7) is 8.40. The average Bonchev–Trinajstić information content (AvgIpc) is 2.52. The standard InChI is InChI=1S/C16H22N2O3S/c1-4-13-17-16(19)12-9-14-7-10-15(11-8-14)22(20,21)18(5-2)6-3/h4,7-12H,1,5-6,13H2,2-3H3,(H,17,19)/b12-9+. The normalized spacial score (nSPS) is 11.8. The van der Waals surface area contributed by atoms with E-state index in [2.05, 4.69) is 11.9 Å². The van der Waals surface area contributed by atoms with Crippen molar-refractivity contribution in [2.45, 2.75) is 18.7 Å². The zero-order chi connectivity index (χ0) is 16.6. The van der Waals surface area contributed by atoms with Crippen LogP contribution in [0.1, 0.15) is 19.4 Å². The van der Waals surface area contributed by atoms with Crippen LogP contribution < -0.4 is 5.32 Å². The van der Waals surface area contributed by atoms with Crippen LogP contribution in [0.15, 0.2) is 47.9 Å². The van der Waals surface area contributed by atoms with Crippen LogP contribution >= 0.6 is 0 Å². The van der Waals surface area contributed by atoms with Gasteiger partial charge in [0.2, 0.25) is 15.9 Å². The van der Waals surface area contributed by atoms with Crippen molar-refractivity contribution >= 4 is 22.0 Å². The molecule has 0 heterocycles. The van der Waals surface area contributed by atoms with Crippen molar-refractivity contribution in [2.75, 3.05) is 19.6 Å². The first kappa shape index (κ1) is 18.1. The SMILES string of the molecule is C=CCNC(=O)/C=C/c1ccc(S(=O)(=O)N(CC)CC)cc1. The van der Waals surface area contributed by atoms with Crippen LogP contribution in [0.5, 0.6) is 0 Å². The van der Waals surface area contributed by atoms with Crippen LogP contribution in [0.4, 0.5) is 0 Å². The van der Waals surface area contributed by atoms with Crippen LogP contribution in [0.3, 0.4) is 0 Å². The van der Waals surface area contributed by atoms with E-state index in [1.54, 1.807) is 50.3 Å². The van der Waals surface area contributed by atoms with Gasteiger partial charge in [-0.1, -0.05) is 32.1 Å². The molecule has 0 saturated heterocycles. The fourth-order valence-electron chi connectivity index (χ4n) is 1.87. The zero-order valence-electron chi connectivity index (χ0n) is 13.0. The molecule has 5 nitrogen and oxygen atoms in total. The Morgan fingerprint density at radius 3 is 2.32 bits per heavy atom. The van der Waals surface area contributed by atoms with Gasteiger partial charge in [-0.25, -0.2) is 8.42 Å². The van der Waals surface area contributed by atoms with Crippen molar-refractivity contribution in [3.63, 3.8) is 0 Å². The van der Waals surface area contributed by atoms with Crippen LogP contribution in [-0.4, -0.2) is 38.3 Å². The summed E-state index contributed by atoms with van der Waals surface area (Å²) in [6.07, 6.45) is 4.63. The number of nitrogens with zero attached hydrogens (tertiary/aromatic N) is 1. The molecule has 0 aliphatic carbocycles. The van der Waals surface area contributed by atoms with Gasteiger partial charge in [0.1, 0.15) is 0 Å². The maximum Gasteiger partial charge on any atom is 0.244 e. The second-order valence-electron chi connectivity index (χ2n) is 4.53. The maximum atomic E-state index is 12.3. The predicted molar refractivity (Wildman–Crippen MR) is 88.8 cm³/mol. The highest BCUT2D eigenvalue weighted by molar-refractivity contribution is 7.89. The molecule has 6 heteroatoms. The lowest BCUT2D eigenvalue weighted by molar-refractivity contribution is -0.116. The second kappa shape index (κ2) is 8.51. The second-order valence-corrected chi connectivity index (χ2v) is 6.46. The number of hydrogen-bond donors (Lipinski definition) is 1. The van der Waals surface area contributed by atoms with Crippen LogP contribution in [-0.2, 0) is 14.8 Å². The number of nitrogens with one attached hydrogen (secondary N) is 1. The fourth-order valence-corrected chi connectivity index (χ4v) is 3.33. The molecule has 0 spiro atoms. The third-order valence-corrected chi connectivity index (χ3v) is 5.14. The van der Waals surface area contributed by atoms with E-state index in [9.17, 15) is 13.2 Å². The number of amides is 1. The van der Waals surface area contributed by atoms with Gasteiger partial charge in [-0.05, 0) is 23.8 Å². The number of hydrogen-bond acceptors (Lipinski definition) is 3. The molecular weight excluding hydrogens is 300 g/mol. The van der Waals surface area contributed by atoms with Crippen LogP contribution in [0, 0.1) is 0 Å². The van der Waals surface area contributed by atoms with E-state index >= 15 is 0 Å². The van der Waals surface area contributed by atoms with Crippen molar-refractivity contribution < 1.29 is 13.2 Å².